The number of pyridine rings is 1. The van der Waals surface area contributed by atoms with Crippen LogP contribution in [0.25, 0.3) is 11.4 Å². The average Bonchev–Trinajstić information content (AvgIpc) is 2.45. The predicted molar refractivity (Wildman–Crippen MR) is 82.1 cm³/mol. The van der Waals surface area contributed by atoms with E-state index in [1.54, 1.807) is 6.20 Å². The molecule has 1 aliphatic rings. The highest BCUT2D eigenvalue weighted by atomic mass is 16.5. The molecule has 1 saturated carbocycles. The third-order valence-corrected chi connectivity index (χ3v) is 3.61. The molecule has 1 N–H and O–H groups in total. The molecule has 2 aromatic rings. The zero-order valence-corrected chi connectivity index (χ0v) is 12.4. The van der Waals surface area contributed by atoms with Crippen LogP contribution >= 0.6 is 0 Å². The Morgan fingerprint density at radius 2 is 2.10 bits per heavy atom. The molecule has 0 atom stereocenters. The molecule has 2 aromatic heterocycles. The van der Waals surface area contributed by atoms with Gasteiger partial charge in [0.05, 0.1) is 17.5 Å². The van der Waals surface area contributed by atoms with E-state index in [1.807, 2.05) is 38.1 Å². The first-order valence-electron chi connectivity index (χ1n) is 7.40. The maximum Gasteiger partial charge on any atom is 0.130 e. The molecule has 0 saturated heterocycles. The minimum absolute atomic E-state index is 0.394. The second kappa shape index (κ2) is 6.18. The monoisotopic (exact) mass is 284 g/mol. The largest absolute Gasteiger partial charge is 0.378 e. The molecule has 5 heteroatoms. The number of aryl methyl sites for hydroxylation is 1. The van der Waals surface area contributed by atoms with Gasteiger partial charge >= 0.3 is 0 Å². The fourth-order valence-electron chi connectivity index (χ4n) is 2.55. The number of anilines is 1. The summed E-state index contributed by atoms with van der Waals surface area (Å²) in [4.78, 5) is 13.3. The van der Waals surface area contributed by atoms with Gasteiger partial charge in [0.2, 0.25) is 0 Å². The maximum absolute atomic E-state index is 5.58. The Labute approximate surface area is 124 Å². The van der Waals surface area contributed by atoms with E-state index < -0.39 is 0 Å². The Bertz CT molecular complexity index is 596. The third-order valence-electron chi connectivity index (χ3n) is 3.61. The average molecular weight is 284 g/mol. The van der Waals surface area contributed by atoms with Crippen molar-refractivity contribution >= 4 is 5.82 Å². The Morgan fingerprint density at radius 1 is 1.24 bits per heavy atom. The lowest BCUT2D eigenvalue weighted by Crippen LogP contribution is -2.41. The summed E-state index contributed by atoms with van der Waals surface area (Å²) in [5, 5.41) is 3.46. The smallest absolute Gasteiger partial charge is 0.130 e. The van der Waals surface area contributed by atoms with Crippen LogP contribution < -0.4 is 5.32 Å². The van der Waals surface area contributed by atoms with Crippen LogP contribution in [-0.2, 0) is 4.74 Å². The fraction of sp³-hybridized carbons (Fsp3) is 0.438. The number of nitrogens with one attached hydrogen (secondary N) is 1. The number of rotatable bonds is 5. The van der Waals surface area contributed by atoms with Crippen molar-refractivity contribution in [3.05, 3.63) is 36.3 Å². The van der Waals surface area contributed by atoms with Gasteiger partial charge < -0.3 is 10.1 Å². The Hall–Kier alpha value is -2.01. The molecule has 1 aliphatic carbocycles. The fourth-order valence-corrected chi connectivity index (χ4v) is 2.55. The number of hydrogen-bond acceptors (Lipinski definition) is 5. The minimum atomic E-state index is 0.394. The van der Waals surface area contributed by atoms with Crippen molar-refractivity contribution in [2.45, 2.75) is 38.8 Å². The lowest BCUT2D eigenvalue weighted by Gasteiger charge is -2.35. The van der Waals surface area contributed by atoms with Gasteiger partial charge in [-0.1, -0.05) is 6.07 Å². The minimum Gasteiger partial charge on any atom is -0.378 e. The maximum atomic E-state index is 5.58. The second-order valence-corrected chi connectivity index (χ2v) is 5.29. The standard InChI is InChI=1S/C16H20N4O/c1-3-21-13-8-12(9-13)20-16-10-15(18-11(2)19-16)14-6-4-5-7-17-14/h4-7,10,12-13H,3,8-9H2,1-2H3,(H,18,19,20). The first-order chi connectivity index (χ1) is 10.2. The van der Waals surface area contributed by atoms with Crippen molar-refractivity contribution in [3.63, 3.8) is 0 Å². The molecule has 0 aromatic carbocycles. The van der Waals surface area contributed by atoms with E-state index in [9.17, 15) is 0 Å². The van der Waals surface area contributed by atoms with E-state index in [0.717, 1.165) is 42.5 Å². The Balaban J connectivity index is 1.71. The molecular weight excluding hydrogens is 264 g/mol. The molecule has 0 aliphatic heterocycles. The summed E-state index contributed by atoms with van der Waals surface area (Å²) >= 11 is 0. The van der Waals surface area contributed by atoms with Crippen molar-refractivity contribution in [2.75, 3.05) is 11.9 Å². The molecule has 0 unspecified atom stereocenters. The molecule has 110 valence electrons. The normalized spacial score (nSPS) is 20.9. The first kappa shape index (κ1) is 13.9. The molecule has 0 radical (unpaired) electrons. The number of aromatic nitrogens is 3. The van der Waals surface area contributed by atoms with Gasteiger partial charge in [-0.3, -0.25) is 4.98 Å². The van der Waals surface area contributed by atoms with Crippen LogP contribution in [0.1, 0.15) is 25.6 Å². The van der Waals surface area contributed by atoms with E-state index >= 15 is 0 Å². The Morgan fingerprint density at radius 3 is 2.81 bits per heavy atom. The molecular formula is C16H20N4O. The van der Waals surface area contributed by atoms with E-state index in [0.29, 0.717) is 12.1 Å². The third kappa shape index (κ3) is 3.36. The molecule has 5 nitrogen and oxygen atoms in total. The summed E-state index contributed by atoms with van der Waals surface area (Å²) in [7, 11) is 0. The first-order valence-corrected chi connectivity index (χ1v) is 7.40. The van der Waals surface area contributed by atoms with Gasteiger partial charge in [0.25, 0.3) is 0 Å². The molecule has 21 heavy (non-hydrogen) atoms. The molecule has 3 rings (SSSR count). The van der Waals surface area contributed by atoms with Crippen molar-refractivity contribution < 1.29 is 4.74 Å². The highest BCUT2D eigenvalue weighted by Crippen LogP contribution is 2.27. The van der Waals surface area contributed by atoms with Gasteiger partial charge in [0, 0.05) is 24.9 Å². The summed E-state index contributed by atoms with van der Waals surface area (Å²) in [6.45, 7) is 4.73. The quantitative estimate of drug-likeness (QED) is 0.915. The summed E-state index contributed by atoms with van der Waals surface area (Å²) < 4.78 is 5.58. The number of nitrogens with zero attached hydrogens (tertiary/aromatic N) is 3. The zero-order valence-electron chi connectivity index (χ0n) is 12.4. The Kier molecular flexibility index (Phi) is 4.10. The van der Waals surface area contributed by atoms with Gasteiger partial charge in [0.1, 0.15) is 11.6 Å². The zero-order chi connectivity index (χ0) is 14.7. The van der Waals surface area contributed by atoms with Crippen LogP contribution in [0.2, 0.25) is 0 Å². The van der Waals surface area contributed by atoms with E-state index in [-0.39, 0.29) is 0 Å². The summed E-state index contributed by atoms with van der Waals surface area (Å²) in [6, 6.07) is 8.22. The van der Waals surface area contributed by atoms with Gasteiger partial charge in [-0.25, -0.2) is 9.97 Å². The topological polar surface area (TPSA) is 59.9 Å². The highest BCUT2D eigenvalue weighted by Gasteiger charge is 2.29. The van der Waals surface area contributed by atoms with Gasteiger partial charge in [-0.05, 0) is 38.8 Å². The van der Waals surface area contributed by atoms with Crippen LogP contribution in [0.3, 0.4) is 0 Å². The molecule has 0 amide bonds. The van der Waals surface area contributed by atoms with Crippen LogP contribution in [0.15, 0.2) is 30.5 Å². The van der Waals surface area contributed by atoms with Crippen molar-refractivity contribution in [2.24, 2.45) is 0 Å². The van der Waals surface area contributed by atoms with Gasteiger partial charge in [0.15, 0.2) is 0 Å². The summed E-state index contributed by atoms with van der Waals surface area (Å²) in [5.74, 6) is 1.62. The predicted octanol–water partition coefficient (Wildman–Crippen LogP) is 2.83. The van der Waals surface area contributed by atoms with Crippen molar-refractivity contribution in [1.82, 2.24) is 15.0 Å². The van der Waals surface area contributed by atoms with Crippen LogP contribution in [0.5, 0.6) is 0 Å². The molecule has 0 spiro atoms. The lowest BCUT2D eigenvalue weighted by molar-refractivity contribution is 0.00292. The van der Waals surface area contributed by atoms with Crippen LogP contribution in [0, 0.1) is 6.92 Å². The number of ether oxygens (including phenoxy) is 1. The van der Waals surface area contributed by atoms with Gasteiger partial charge in [-0.15, -0.1) is 0 Å². The second-order valence-electron chi connectivity index (χ2n) is 5.29. The molecule has 2 heterocycles. The number of hydrogen-bond donors (Lipinski definition) is 1. The highest BCUT2D eigenvalue weighted by molar-refractivity contribution is 5.58. The van der Waals surface area contributed by atoms with Crippen LogP contribution in [-0.4, -0.2) is 33.7 Å². The lowest BCUT2D eigenvalue weighted by atomic mass is 9.89. The summed E-state index contributed by atoms with van der Waals surface area (Å²) in [6.07, 6.45) is 4.25. The summed E-state index contributed by atoms with van der Waals surface area (Å²) in [5.41, 5.74) is 1.72. The molecule has 1 fully saturated rings. The van der Waals surface area contributed by atoms with Crippen molar-refractivity contribution in [1.29, 1.82) is 0 Å². The SMILES string of the molecule is CCOC1CC(Nc2cc(-c3ccccn3)nc(C)n2)C1. The molecule has 0 bridgehead atoms. The van der Waals surface area contributed by atoms with Crippen LogP contribution in [0.4, 0.5) is 5.82 Å². The van der Waals surface area contributed by atoms with Crippen molar-refractivity contribution in [3.8, 4) is 11.4 Å². The van der Waals surface area contributed by atoms with E-state index in [4.69, 9.17) is 4.74 Å². The van der Waals surface area contributed by atoms with Gasteiger partial charge in [-0.2, -0.15) is 0 Å². The van der Waals surface area contributed by atoms with E-state index in [2.05, 4.69) is 20.3 Å². The van der Waals surface area contributed by atoms with E-state index in [1.165, 1.54) is 0 Å².